The van der Waals surface area contributed by atoms with E-state index in [1.54, 1.807) is 0 Å². The minimum Gasteiger partial charge on any atom is -0.507 e. The van der Waals surface area contributed by atoms with Crippen molar-refractivity contribution >= 4 is 23.0 Å². The van der Waals surface area contributed by atoms with Crippen LogP contribution in [0.25, 0.3) is 28.4 Å². The van der Waals surface area contributed by atoms with Crippen LogP contribution in [0.1, 0.15) is 5.56 Å². The van der Waals surface area contributed by atoms with E-state index >= 15 is 0 Å². The van der Waals surface area contributed by atoms with Gasteiger partial charge in [-0.05, 0) is 35.9 Å². The SMILES string of the molecule is COc1cc(C=CC(=O)OC[C@H]2O[C@@H](O[C@H]3[C@H](Oc4cc5c(O[C@@H]6O[C@H](CO)[C@@H](O)[C@H](O)[C@H]6O)cc(O)cc5[o+]c4-c4ccc(O)c(OC)c4)O[C@H](CO)[C@@H](O)[C@@H]3O)[C@H](O)[C@@H](O)[C@@H]2O)ccc1O. The number of phenols is 3. The van der Waals surface area contributed by atoms with E-state index in [0.29, 0.717) is 5.56 Å². The number of esters is 1. The quantitative estimate of drug-likeness (QED) is 0.0347. The van der Waals surface area contributed by atoms with Gasteiger partial charge in [0.2, 0.25) is 18.3 Å². The lowest BCUT2D eigenvalue weighted by atomic mass is 9.97. The van der Waals surface area contributed by atoms with Crippen LogP contribution in [0.3, 0.4) is 0 Å². The number of hydrogen-bond donors (Lipinski definition) is 13. The molecule has 15 atom stereocenters. The van der Waals surface area contributed by atoms with E-state index in [2.05, 4.69) is 0 Å². The second-order valence-electron chi connectivity index (χ2n) is 15.8. The Morgan fingerprint density at radius 2 is 1.19 bits per heavy atom. The molecule has 4 aromatic rings. The van der Waals surface area contributed by atoms with E-state index in [-0.39, 0.29) is 56.8 Å². The predicted octanol–water partition coefficient (Wildman–Crippen LogP) is -2.04. The number of rotatable bonds is 15. The van der Waals surface area contributed by atoms with E-state index in [0.717, 1.165) is 18.2 Å². The zero-order valence-electron chi connectivity index (χ0n) is 35.9. The van der Waals surface area contributed by atoms with Crippen LogP contribution in [0.2, 0.25) is 0 Å². The molecule has 7 rings (SSSR count). The smallest absolute Gasteiger partial charge is 0.402 e. The Kier molecular flexibility index (Phi) is 15.7. The Hall–Kier alpha value is -5.68. The molecule has 3 aliphatic heterocycles. The summed E-state index contributed by atoms with van der Waals surface area (Å²) in [6.07, 6.45) is -25.0. The second kappa shape index (κ2) is 21.3. The first kappa shape index (κ1) is 50.2. The molecule has 3 aromatic carbocycles. The summed E-state index contributed by atoms with van der Waals surface area (Å²) in [7, 11) is 2.61. The normalized spacial score (nSPS) is 31.9. The molecule has 0 unspecified atom stereocenters. The molecule has 0 saturated carbocycles. The average Bonchev–Trinajstić information content (AvgIpc) is 3.33. The lowest BCUT2D eigenvalue weighted by Gasteiger charge is -2.45. The van der Waals surface area contributed by atoms with Crippen molar-refractivity contribution in [3.8, 4) is 51.6 Å². The summed E-state index contributed by atoms with van der Waals surface area (Å²) in [4.78, 5) is 12.7. The molecule has 4 heterocycles. The number of carbonyl (C=O) groups is 1. The lowest BCUT2D eigenvalue weighted by Crippen LogP contribution is -2.65. The third-order valence-corrected chi connectivity index (χ3v) is 11.4. The van der Waals surface area contributed by atoms with Crippen LogP contribution in [-0.4, -0.2) is 199 Å². The van der Waals surface area contributed by atoms with Crippen LogP contribution in [0.15, 0.2) is 65.1 Å². The van der Waals surface area contributed by atoms with E-state index in [1.807, 2.05) is 0 Å². The van der Waals surface area contributed by atoms with Gasteiger partial charge in [-0.15, -0.1) is 0 Å². The van der Waals surface area contributed by atoms with Crippen LogP contribution in [0.4, 0.5) is 0 Å². The van der Waals surface area contributed by atoms with Gasteiger partial charge < -0.3 is 109 Å². The van der Waals surface area contributed by atoms with Crippen molar-refractivity contribution in [3.05, 3.63) is 66.2 Å². The van der Waals surface area contributed by atoms with Gasteiger partial charge >= 0.3 is 17.3 Å². The zero-order valence-corrected chi connectivity index (χ0v) is 35.9. The predicted molar refractivity (Wildman–Crippen MR) is 225 cm³/mol. The van der Waals surface area contributed by atoms with Crippen molar-refractivity contribution in [3.63, 3.8) is 0 Å². The van der Waals surface area contributed by atoms with Crippen molar-refractivity contribution in [2.45, 2.75) is 92.1 Å². The molecule has 0 spiro atoms. The standard InChI is InChI=1S/C44H50O24/c1-59-25-9-17(3-6-21(25)48)4-8-31(50)61-16-30-34(53)36(55)39(58)43(67-30)68-41-37(56)33(52)29(15-46)66-44(41)64-27-13-20-23(62-40(27)18-5-7-22(49)26(10-18)60-2)11-19(47)12-24(20)63-42-38(57)35(54)32(51)28(14-45)65-42/h3-13,28-30,32-39,41-46,51-58H,14-16H2,1-2H3,(H2-,47,48,49,50)/p+1/t28-,29-,30-,32-,33-,34-,35+,36+,37+,38-,39-,41-,42-,43+,44-/m1/s1. The van der Waals surface area contributed by atoms with E-state index in [9.17, 15) is 71.2 Å². The molecule has 3 fully saturated rings. The Balaban J connectivity index is 1.21. The summed E-state index contributed by atoms with van der Waals surface area (Å²) >= 11 is 0. The maximum absolute atomic E-state index is 12.7. The Morgan fingerprint density at radius 3 is 1.85 bits per heavy atom. The Bertz CT molecular complexity index is 2410. The first-order chi connectivity index (χ1) is 32.5. The van der Waals surface area contributed by atoms with Gasteiger partial charge in [0.05, 0.1) is 39.1 Å². The van der Waals surface area contributed by atoms with E-state index < -0.39 is 124 Å². The van der Waals surface area contributed by atoms with Gasteiger partial charge in [-0.3, -0.25) is 0 Å². The Labute approximate surface area is 384 Å². The van der Waals surface area contributed by atoms with Gasteiger partial charge in [-0.25, -0.2) is 9.21 Å². The number of benzene rings is 3. The van der Waals surface area contributed by atoms with Gasteiger partial charge in [-0.2, -0.15) is 0 Å². The summed E-state index contributed by atoms with van der Waals surface area (Å²) in [5, 5.41) is 138. The molecular formula is C44H51O24+. The molecule has 0 amide bonds. The first-order valence-electron chi connectivity index (χ1n) is 20.8. The molecular weight excluding hydrogens is 912 g/mol. The third kappa shape index (κ3) is 10.5. The third-order valence-electron chi connectivity index (χ3n) is 11.4. The van der Waals surface area contributed by atoms with Crippen molar-refractivity contribution in [1.82, 2.24) is 0 Å². The topological polar surface area (TPSA) is 374 Å². The highest BCUT2D eigenvalue weighted by Gasteiger charge is 2.52. The largest absolute Gasteiger partial charge is 0.507 e. The first-order valence-corrected chi connectivity index (χ1v) is 20.8. The number of fused-ring (bicyclic) bond motifs is 1. The summed E-state index contributed by atoms with van der Waals surface area (Å²) < 4.78 is 57.1. The number of methoxy groups -OCH3 is 2. The minimum atomic E-state index is -2.06. The number of aliphatic hydroxyl groups excluding tert-OH is 10. The van der Waals surface area contributed by atoms with Gasteiger partial charge in [-0.1, -0.05) is 6.07 Å². The zero-order chi connectivity index (χ0) is 49.1. The van der Waals surface area contributed by atoms with E-state index in [4.69, 9.17) is 47.0 Å². The van der Waals surface area contributed by atoms with Crippen LogP contribution < -0.4 is 18.9 Å². The van der Waals surface area contributed by atoms with Crippen LogP contribution >= 0.6 is 0 Å². The molecule has 24 nitrogen and oxygen atoms in total. The average molecular weight is 964 g/mol. The number of hydrogen-bond acceptors (Lipinski definition) is 23. The molecule has 370 valence electrons. The highest BCUT2D eigenvalue weighted by atomic mass is 16.8. The molecule has 13 N–H and O–H groups in total. The maximum atomic E-state index is 12.7. The number of ether oxygens (including phenoxy) is 9. The van der Waals surface area contributed by atoms with Gasteiger partial charge in [0.1, 0.15) is 90.6 Å². The van der Waals surface area contributed by atoms with Crippen molar-refractivity contribution in [1.29, 1.82) is 0 Å². The molecule has 3 saturated heterocycles. The summed E-state index contributed by atoms with van der Waals surface area (Å²) in [5.41, 5.74) is 0.456. The van der Waals surface area contributed by atoms with Crippen LogP contribution in [-0.2, 0) is 28.5 Å². The van der Waals surface area contributed by atoms with Gasteiger partial charge in [0, 0.05) is 24.3 Å². The van der Waals surface area contributed by atoms with Crippen LogP contribution in [0.5, 0.6) is 40.2 Å². The van der Waals surface area contributed by atoms with Crippen molar-refractivity contribution < 1.29 is 118 Å². The van der Waals surface area contributed by atoms with Crippen molar-refractivity contribution in [2.24, 2.45) is 0 Å². The highest BCUT2D eigenvalue weighted by molar-refractivity contribution is 5.89. The number of phenolic OH excluding ortho intramolecular Hbond substituents is 3. The molecule has 0 bridgehead atoms. The van der Waals surface area contributed by atoms with Gasteiger partial charge in [0.15, 0.2) is 35.4 Å². The number of carbonyl (C=O) groups excluding carboxylic acids is 1. The highest BCUT2D eigenvalue weighted by Crippen LogP contribution is 2.44. The molecule has 3 aliphatic rings. The van der Waals surface area contributed by atoms with E-state index in [1.165, 1.54) is 62.8 Å². The lowest BCUT2D eigenvalue weighted by molar-refractivity contribution is -0.358. The van der Waals surface area contributed by atoms with Crippen LogP contribution in [0, 0.1) is 0 Å². The molecule has 1 aromatic heterocycles. The summed E-state index contributed by atoms with van der Waals surface area (Å²) in [5.74, 6) is -2.52. The monoisotopic (exact) mass is 963 g/mol. The van der Waals surface area contributed by atoms with Crippen molar-refractivity contribution in [2.75, 3.05) is 34.0 Å². The molecule has 24 heteroatoms. The molecule has 0 aliphatic carbocycles. The number of aliphatic hydroxyl groups is 10. The fourth-order valence-electron chi connectivity index (χ4n) is 7.58. The number of aromatic hydroxyl groups is 3. The minimum absolute atomic E-state index is 0.0428. The van der Waals surface area contributed by atoms with Gasteiger partial charge in [0.25, 0.3) is 0 Å². The fraction of sp³-hybridized carbons (Fsp3) is 0.455. The molecule has 0 radical (unpaired) electrons. The fourth-order valence-corrected chi connectivity index (χ4v) is 7.58. The summed E-state index contributed by atoms with van der Waals surface area (Å²) in [6, 6.07) is 11.7. The second-order valence-corrected chi connectivity index (χ2v) is 15.8. The molecule has 68 heavy (non-hydrogen) atoms. The summed E-state index contributed by atoms with van der Waals surface area (Å²) in [6.45, 7) is -2.39. The Morgan fingerprint density at radius 1 is 0.618 bits per heavy atom. The maximum Gasteiger partial charge on any atom is 0.402 e.